The number of nitrogens with zero attached hydrogens (tertiary/aromatic N) is 2. The summed E-state index contributed by atoms with van der Waals surface area (Å²) in [6, 6.07) is 7.11. The normalized spacial score (nSPS) is 10.2. The third-order valence-corrected chi connectivity index (χ3v) is 2.56. The van der Waals surface area contributed by atoms with E-state index in [1.807, 2.05) is 13.8 Å². The molecule has 1 aromatic carbocycles. The molecular weight excluding hydrogens is 272 g/mol. The van der Waals surface area contributed by atoms with Crippen molar-refractivity contribution in [2.24, 2.45) is 0 Å². The topological polar surface area (TPSA) is 89.1 Å². The van der Waals surface area contributed by atoms with Gasteiger partial charge in [0.2, 0.25) is 5.95 Å². The van der Waals surface area contributed by atoms with Crippen molar-refractivity contribution < 1.29 is 14.3 Å². The van der Waals surface area contributed by atoms with Gasteiger partial charge in [-0.3, -0.25) is 10.1 Å². The first-order valence-electron chi connectivity index (χ1n) is 6.82. The van der Waals surface area contributed by atoms with Crippen molar-refractivity contribution in [3.63, 3.8) is 0 Å². The first-order valence-corrected chi connectivity index (χ1v) is 6.82. The van der Waals surface area contributed by atoms with Gasteiger partial charge in [0, 0.05) is 5.56 Å². The number of aromatic amines is 1. The van der Waals surface area contributed by atoms with Crippen molar-refractivity contribution in [3.05, 3.63) is 29.8 Å². The molecule has 0 atom stereocenters. The minimum absolute atomic E-state index is 0.205. The Bertz CT molecular complexity index is 580. The molecule has 1 amide bonds. The molecule has 2 rings (SSSR count). The molecular formula is C14H18N4O3. The molecule has 1 aromatic heterocycles. The van der Waals surface area contributed by atoms with Crippen molar-refractivity contribution >= 4 is 11.9 Å². The number of hydrogen-bond acceptors (Lipinski definition) is 5. The molecule has 0 fully saturated rings. The molecule has 1 heterocycles. The van der Waals surface area contributed by atoms with Crippen LogP contribution in [0.2, 0.25) is 0 Å². The van der Waals surface area contributed by atoms with Crippen molar-refractivity contribution in [1.29, 1.82) is 0 Å². The van der Waals surface area contributed by atoms with Crippen LogP contribution < -0.4 is 14.8 Å². The van der Waals surface area contributed by atoms with Gasteiger partial charge in [-0.25, -0.2) is 5.10 Å². The molecule has 0 spiro atoms. The van der Waals surface area contributed by atoms with Gasteiger partial charge in [0.05, 0.1) is 13.2 Å². The molecule has 2 N–H and O–H groups in total. The maximum absolute atomic E-state index is 12.0. The third-order valence-electron chi connectivity index (χ3n) is 2.56. The number of ether oxygens (including phenoxy) is 2. The smallest absolute Gasteiger partial charge is 0.337 e. The highest BCUT2D eigenvalue weighted by atomic mass is 16.5. The van der Waals surface area contributed by atoms with Crippen LogP contribution in [-0.4, -0.2) is 34.3 Å². The van der Waals surface area contributed by atoms with E-state index in [1.54, 1.807) is 24.3 Å². The zero-order chi connectivity index (χ0) is 15.1. The van der Waals surface area contributed by atoms with Crippen LogP contribution in [0.5, 0.6) is 11.8 Å². The average molecular weight is 290 g/mol. The lowest BCUT2D eigenvalue weighted by molar-refractivity contribution is 0.102. The molecule has 112 valence electrons. The van der Waals surface area contributed by atoms with Crippen molar-refractivity contribution in [1.82, 2.24) is 15.2 Å². The maximum Gasteiger partial charge on any atom is 0.337 e. The predicted molar refractivity (Wildman–Crippen MR) is 77.7 cm³/mol. The van der Waals surface area contributed by atoms with E-state index in [-0.39, 0.29) is 17.9 Å². The van der Waals surface area contributed by atoms with Gasteiger partial charge >= 0.3 is 6.01 Å². The summed E-state index contributed by atoms with van der Waals surface area (Å²) in [6.45, 7) is 4.99. The van der Waals surface area contributed by atoms with Crippen molar-refractivity contribution in [2.45, 2.75) is 20.3 Å². The Balaban J connectivity index is 1.95. The molecule has 0 saturated carbocycles. The number of carbonyl (C=O) groups excluding carboxylic acids is 1. The predicted octanol–water partition coefficient (Wildman–Crippen LogP) is 2.24. The number of H-pyrrole nitrogens is 1. The van der Waals surface area contributed by atoms with Gasteiger partial charge in [-0.05, 0) is 37.6 Å². The Hall–Kier alpha value is -2.57. The van der Waals surface area contributed by atoms with Crippen LogP contribution in [0.4, 0.5) is 5.95 Å². The molecule has 0 radical (unpaired) electrons. The van der Waals surface area contributed by atoms with Crippen molar-refractivity contribution in [2.75, 3.05) is 18.5 Å². The van der Waals surface area contributed by atoms with Crippen LogP contribution in [0.15, 0.2) is 24.3 Å². The number of aromatic nitrogens is 3. The fourth-order valence-corrected chi connectivity index (χ4v) is 1.60. The number of rotatable bonds is 7. The summed E-state index contributed by atoms with van der Waals surface area (Å²) in [5, 5.41) is 9.01. The van der Waals surface area contributed by atoms with Gasteiger partial charge in [-0.1, -0.05) is 6.92 Å². The highest BCUT2D eigenvalue weighted by Gasteiger charge is 2.10. The van der Waals surface area contributed by atoms with E-state index in [4.69, 9.17) is 9.47 Å². The summed E-state index contributed by atoms with van der Waals surface area (Å²) in [5.41, 5.74) is 0.508. The second kappa shape index (κ2) is 7.28. The maximum atomic E-state index is 12.0. The Labute approximate surface area is 122 Å². The molecule has 0 aliphatic rings. The fraction of sp³-hybridized carbons (Fsp3) is 0.357. The van der Waals surface area contributed by atoms with Gasteiger partial charge in [-0.15, -0.1) is 5.10 Å². The lowest BCUT2D eigenvalue weighted by Gasteiger charge is -2.05. The van der Waals surface area contributed by atoms with Crippen LogP contribution in [-0.2, 0) is 0 Å². The number of nitrogens with one attached hydrogen (secondary N) is 2. The van der Waals surface area contributed by atoms with E-state index in [0.717, 1.165) is 12.2 Å². The van der Waals surface area contributed by atoms with E-state index >= 15 is 0 Å². The summed E-state index contributed by atoms with van der Waals surface area (Å²) in [4.78, 5) is 16.0. The van der Waals surface area contributed by atoms with E-state index in [0.29, 0.717) is 18.8 Å². The van der Waals surface area contributed by atoms with Gasteiger partial charge in [0.25, 0.3) is 5.91 Å². The standard InChI is InChI=1S/C14H18N4O3/c1-3-9-21-11-7-5-10(6-8-11)12(19)15-13-16-14(18-17-13)20-4-2/h5-8H,3-4,9H2,1-2H3,(H2,15,16,17,18,19). The van der Waals surface area contributed by atoms with Crippen LogP contribution in [0.1, 0.15) is 30.6 Å². The Morgan fingerprint density at radius 1 is 1.24 bits per heavy atom. The van der Waals surface area contributed by atoms with Gasteiger partial charge in [0.15, 0.2) is 0 Å². The molecule has 21 heavy (non-hydrogen) atoms. The zero-order valence-corrected chi connectivity index (χ0v) is 12.0. The van der Waals surface area contributed by atoms with E-state index in [9.17, 15) is 4.79 Å². The van der Waals surface area contributed by atoms with E-state index in [2.05, 4.69) is 20.5 Å². The first kappa shape index (κ1) is 14.8. The second-order valence-corrected chi connectivity index (χ2v) is 4.23. The molecule has 7 heteroatoms. The highest BCUT2D eigenvalue weighted by Crippen LogP contribution is 2.14. The molecule has 0 unspecified atom stereocenters. The quantitative estimate of drug-likeness (QED) is 0.816. The summed E-state index contributed by atoms with van der Waals surface area (Å²) < 4.78 is 10.6. The molecule has 0 aliphatic carbocycles. The number of hydrogen-bond donors (Lipinski definition) is 2. The number of anilines is 1. The lowest BCUT2D eigenvalue weighted by atomic mass is 10.2. The first-order chi connectivity index (χ1) is 10.2. The van der Waals surface area contributed by atoms with Crippen LogP contribution in [0.25, 0.3) is 0 Å². The van der Waals surface area contributed by atoms with Gasteiger partial charge in [-0.2, -0.15) is 4.98 Å². The minimum atomic E-state index is -0.281. The van der Waals surface area contributed by atoms with Crippen molar-refractivity contribution in [3.8, 4) is 11.8 Å². The van der Waals surface area contributed by atoms with Crippen LogP contribution in [0.3, 0.4) is 0 Å². The summed E-state index contributed by atoms with van der Waals surface area (Å²) in [6.07, 6.45) is 0.940. The molecule has 0 saturated heterocycles. The van der Waals surface area contributed by atoms with Crippen LogP contribution in [0, 0.1) is 0 Å². The molecule has 0 bridgehead atoms. The second-order valence-electron chi connectivity index (χ2n) is 4.23. The Morgan fingerprint density at radius 2 is 2.00 bits per heavy atom. The van der Waals surface area contributed by atoms with Crippen LogP contribution >= 0.6 is 0 Å². The molecule has 2 aromatic rings. The number of benzene rings is 1. The van der Waals surface area contributed by atoms with Gasteiger partial charge in [0.1, 0.15) is 5.75 Å². The number of carbonyl (C=O) groups is 1. The minimum Gasteiger partial charge on any atom is -0.494 e. The molecule has 7 nitrogen and oxygen atoms in total. The third kappa shape index (κ3) is 4.20. The monoisotopic (exact) mass is 290 g/mol. The summed E-state index contributed by atoms with van der Waals surface area (Å²) in [7, 11) is 0. The summed E-state index contributed by atoms with van der Waals surface area (Å²) in [5.74, 6) is 0.706. The van der Waals surface area contributed by atoms with Gasteiger partial charge < -0.3 is 9.47 Å². The highest BCUT2D eigenvalue weighted by molar-refractivity contribution is 6.03. The SMILES string of the molecule is CCCOc1ccc(C(=O)Nc2nc(OCC)n[nH]2)cc1. The lowest BCUT2D eigenvalue weighted by Crippen LogP contribution is -2.13. The zero-order valence-electron chi connectivity index (χ0n) is 12.0. The molecule has 0 aliphatic heterocycles. The Morgan fingerprint density at radius 3 is 2.67 bits per heavy atom. The Kier molecular flexibility index (Phi) is 5.14. The largest absolute Gasteiger partial charge is 0.494 e. The summed E-state index contributed by atoms with van der Waals surface area (Å²) >= 11 is 0. The average Bonchev–Trinajstić information content (AvgIpc) is 2.93. The van der Waals surface area contributed by atoms with E-state index in [1.165, 1.54) is 0 Å². The number of amides is 1. The fourth-order valence-electron chi connectivity index (χ4n) is 1.60. The van der Waals surface area contributed by atoms with E-state index < -0.39 is 0 Å².